The number of benzene rings is 1. The van der Waals surface area contributed by atoms with Crippen molar-refractivity contribution in [1.82, 2.24) is 10.2 Å². The molecule has 0 unspecified atom stereocenters. The molecule has 1 fully saturated rings. The van der Waals surface area contributed by atoms with Gasteiger partial charge in [0.2, 0.25) is 0 Å². The highest BCUT2D eigenvalue weighted by atomic mass is 35.5. The van der Waals surface area contributed by atoms with Crippen LogP contribution in [-0.4, -0.2) is 44.1 Å². The van der Waals surface area contributed by atoms with Crippen LogP contribution < -0.4 is 5.32 Å². The van der Waals surface area contributed by atoms with Crippen LogP contribution in [0.4, 0.5) is 4.39 Å². The first-order chi connectivity index (χ1) is 10.2. The Labute approximate surface area is 138 Å². The summed E-state index contributed by atoms with van der Waals surface area (Å²) in [4.78, 5) is 15.1. The van der Waals surface area contributed by atoms with Gasteiger partial charge in [0.25, 0.3) is 5.91 Å². The highest BCUT2D eigenvalue weighted by Crippen LogP contribution is 2.34. The molecule has 22 heavy (non-hydrogen) atoms. The van der Waals surface area contributed by atoms with Gasteiger partial charge in [-0.25, -0.2) is 4.39 Å². The van der Waals surface area contributed by atoms with E-state index in [9.17, 15) is 9.18 Å². The van der Waals surface area contributed by atoms with Gasteiger partial charge >= 0.3 is 0 Å². The molecule has 0 saturated carbocycles. The predicted molar refractivity (Wildman–Crippen MR) is 88.5 cm³/mol. The van der Waals surface area contributed by atoms with Gasteiger partial charge in [-0.2, -0.15) is 0 Å². The van der Waals surface area contributed by atoms with Crippen LogP contribution in [0.2, 0.25) is 0 Å². The number of halogens is 2. The van der Waals surface area contributed by atoms with Gasteiger partial charge in [0.15, 0.2) is 0 Å². The molecule has 0 atom stereocenters. The molecule has 1 saturated heterocycles. The lowest BCUT2D eigenvalue weighted by Crippen LogP contribution is -2.46. The minimum atomic E-state index is -0.296. The Morgan fingerprint density at radius 2 is 2.14 bits per heavy atom. The molecular weight excluding hydrogens is 327 g/mol. The average Bonchev–Trinajstić information content (AvgIpc) is 2.88. The number of nitrogens with zero attached hydrogens (tertiary/aromatic N) is 1. The molecule has 1 aromatic carbocycles. The third-order valence-corrected chi connectivity index (χ3v) is 4.84. The van der Waals surface area contributed by atoms with Crippen molar-refractivity contribution in [2.45, 2.75) is 6.61 Å². The minimum absolute atomic E-state index is 0. The first-order valence-electron chi connectivity index (χ1n) is 6.91. The molecular formula is C15H18ClFN2O2S. The fraction of sp³-hybridized carbons (Fsp3) is 0.400. The molecule has 7 heteroatoms. The summed E-state index contributed by atoms with van der Waals surface area (Å²) in [5.41, 5.74) is 0.666. The molecule has 0 radical (unpaired) electrons. The lowest BCUT2D eigenvalue weighted by atomic mass is 10.1. The summed E-state index contributed by atoms with van der Waals surface area (Å²) in [6.45, 7) is 3.20. The average molecular weight is 345 g/mol. The zero-order valence-electron chi connectivity index (χ0n) is 12.2. The van der Waals surface area contributed by atoms with Gasteiger partial charge in [-0.1, -0.05) is 6.07 Å². The maximum atomic E-state index is 14.1. The maximum Gasteiger partial charge on any atom is 0.264 e. The number of methoxy groups -OCH3 is 1. The van der Waals surface area contributed by atoms with Crippen LogP contribution >= 0.6 is 23.7 Å². The minimum Gasteiger partial charge on any atom is -0.380 e. The predicted octanol–water partition coefficient (Wildman–Crippen LogP) is 2.65. The molecule has 1 N–H and O–H groups in total. The molecule has 120 valence electrons. The standard InChI is InChI=1S/C15H17FN2O2S.ClH/c1-20-9-10-13-11(16)3-2-4-12(13)21-14(10)15(19)18-7-5-17-6-8-18;/h2-4,17H,5-9H2,1H3;1H. The van der Waals surface area contributed by atoms with E-state index in [1.807, 2.05) is 11.0 Å². The van der Waals surface area contributed by atoms with Crippen LogP contribution in [-0.2, 0) is 11.3 Å². The van der Waals surface area contributed by atoms with Crippen LogP contribution in [0.25, 0.3) is 10.1 Å². The van der Waals surface area contributed by atoms with Crippen LogP contribution in [0.5, 0.6) is 0 Å². The lowest BCUT2D eigenvalue weighted by Gasteiger charge is -2.27. The van der Waals surface area contributed by atoms with Gasteiger partial charge in [0, 0.05) is 48.9 Å². The Morgan fingerprint density at radius 3 is 2.82 bits per heavy atom. The Kier molecular flexibility index (Phi) is 5.74. The van der Waals surface area contributed by atoms with Gasteiger partial charge < -0.3 is 15.0 Å². The van der Waals surface area contributed by atoms with Crippen molar-refractivity contribution in [3.8, 4) is 0 Å². The van der Waals surface area contributed by atoms with E-state index < -0.39 is 0 Å². The highest BCUT2D eigenvalue weighted by Gasteiger charge is 2.25. The molecule has 2 aromatic rings. The second kappa shape index (κ2) is 7.37. The van der Waals surface area contributed by atoms with Gasteiger partial charge in [-0.15, -0.1) is 23.7 Å². The van der Waals surface area contributed by atoms with E-state index in [2.05, 4.69) is 5.32 Å². The third kappa shape index (κ3) is 3.10. The van der Waals surface area contributed by atoms with E-state index in [1.165, 1.54) is 17.4 Å². The summed E-state index contributed by atoms with van der Waals surface area (Å²) in [7, 11) is 1.56. The zero-order valence-corrected chi connectivity index (χ0v) is 13.9. The van der Waals surface area contributed by atoms with E-state index >= 15 is 0 Å². The molecule has 1 aliphatic rings. The summed E-state index contributed by atoms with van der Waals surface area (Å²) < 4.78 is 20.1. The van der Waals surface area contributed by atoms with E-state index in [-0.39, 0.29) is 30.7 Å². The fourth-order valence-corrected chi connectivity index (χ4v) is 3.82. The fourth-order valence-electron chi connectivity index (χ4n) is 2.63. The number of rotatable bonds is 3. The van der Waals surface area contributed by atoms with E-state index in [4.69, 9.17) is 4.74 Å². The van der Waals surface area contributed by atoms with Crippen molar-refractivity contribution in [2.24, 2.45) is 0 Å². The van der Waals surface area contributed by atoms with Crippen molar-refractivity contribution >= 4 is 39.7 Å². The third-order valence-electron chi connectivity index (χ3n) is 3.65. The van der Waals surface area contributed by atoms with Crippen LogP contribution in [0.3, 0.4) is 0 Å². The van der Waals surface area contributed by atoms with Crippen molar-refractivity contribution in [3.63, 3.8) is 0 Å². The summed E-state index contributed by atoms with van der Waals surface area (Å²) in [6.07, 6.45) is 0. The Bertz CT molecular complexity index is 671. The van der Waals surface area contributed by atoms with Crippen LogP contribution in [0.1, 0.15) is 15.2 Å². The molecule has 1 amide bonds. The zero-order chi connectivity index (χ0) is 14.8. The van der Waals surface area contributed by atoms with Crippen LogP contribution in [0.15, 0.2) is 18.2 Å². The number of fused-ring (bicyclic) bond motifs is 1. The normalized spacial score (nSPS) is 14.9. The number of thiophene rings is 1. The monoisotopic (exact) mass is 344 g/mol. The number of nitrogens with one attached hydrogen (secondary N) is 1. The molecule has 0 bridgehead atoms. The number of hydrogen-bond acceptors (Lipinski definition) is 4. The molecule has 1 aliphatic heterocycles. The number of hydrogen-bond donors (Lipinski definition) is 1. The summed E-state index contributed by atoms with van der Waals surface area (Å²) in [5, 5.41) is 3.74. The van der Waals surface area contributed by atoms with E-state index in [0.29, 0.717) is 28.9 Å². The van der Waals surface area contributed by atoms with E-state index in [1.54, 1.807) is 13.2 Å². The first-order valence-corrected chi connectivity index (χ1v) is 7.73. The van der Waals surface area contributed by atoms with Gasteiger partial charge in [0.1, 0.15) is 5.82 Å². The Morgan fingerprint density at radius 1 is 1.41 bits per heavy atom. The van der Waals surface area contributed by atoms with Crippen molar-refractivity contribution in [3.05, 3.63) is 34.5 Å². The molecule has 3 rings (SSSR count). The van der Waals surface area contributed by atoms with Crippen molar-refractivity contribution < 1.29 is 13.9 Å². The number of carbonyl (C=O) groups is 1. The molecule has 0 spiro atoms. The second-order valence-electron chi connectivity index (χ2n) is 5.00. The second-order valence-corrected chi connectivity index (χ2v) is 6.05. The summed E-state index contributed by atoms with van der Waals surface area (Å²) in [5.74, 6) is -0.320. The van der Waals surface area contributed by atoms with Crippen molar-refractivity contribution in [2.75, 3.05) is 33.3 Å². The first kappa shape index (κ1) is 17.1. The topological polar surface area (TPSA) is 41.6 Å². The number of amides is 1. The maximum absolute atomic E-state index is 14.1. The SMILES string of the molecule is COCc1c(C(=O)N2CCNCC2)sc2cccc(F)c12.Cl. The van der Waals surface area contributed by atoms with Crippen molar-refractivity contribution in [1.29, 1.82) is 0 Å². The summed E-state index contributed by atoms with van der Waals surface area (Å²) >= 11 is 1.35. The lowest BCUT2D eigenvalue weighted by molar-refractivity contribution is 0.0736. The van der Waals surface area contributed by atoms with Gasteiger partial charge in [0.05, 0.1) is 11.5 Å². The number of ether oxygens (including phenoxy) is 1. The van der Waals surface area contributed by atoms with Crippen LogP contribution in [0, 0.1) is 5.82 Å². The smallest absolute Gasteiger partial charge is 0.264 e. The number of carbonyl (C=O) groups excluding carboxylic acids is 1. The quantitative estimate of drug-likeness (QED) is 0.930. The molecule has 1 aromatic heterocycles. The molecule has 4 nitrogen and oxygen atoms in total. The highest BCUT2D eigenvalue weighted by molar-refractivity contribution is 7.21. The summed E-state index contributed by atoms with van der Waals surface area (Å²) in [6, 6.07) is 4.94. The van der Waals surface area contributed by atoms with Gasteiger partial charge in [-0.05, 0) is 12.1 Å². The Hall–Kier alpha value is -1.21. The number of piperazine rings is 1. The molecule has 0 aliphatic carbocycles. The Balaban J connectivity index is 0.00000176. The molecule has 2 heterocycles. The van der Waals surface area contributed by atoms with Gasteiger partial charge in [-0.3, -0.25) is 4.79 Å². The largest absolute Gasteiger partial charge is 0.380 e. The van der Waals surface area contributed by atoms with E-state index in [0.717, 1.165) is 17.8 Å².